The highest BCUT2D eigenvalue weighted by Gasteiger charge is 2.45. The molecule has 0 aromatic rings. The summed E-state index contributed by atoms with van der Waals surface area (Å²) in [7, 11) is 0. The van der Waals surface area contributed by atoms with E-state index in [1.165, 1.54) is 16.7 Å². The normalized spacial score (nSPS) is 30.6. The lowest BCUT2D eigenvalue weighted by Crippen LogP contribution is -2.49. The largest absolute Gasteiger partial charge is 0.335 e. The van der Waals surface area contributed by atoms with Crippen LogP contribution in [0, 0.1) is 5.92 Å². The molecular formula is C25H33N3O3. The smallest absolute Gasteiger partial charge is 0.209 e. The molecular weight excluding hydrogens is 390 g/mol. The zero-order valence-corrected chi connectivity index (χ0v) is 19.2. The van der Waals surface area contributed by atoms with Crippen molar-refractivity contribution in [3.05, 3.63) is 68.7 Å². The van der Waals surface area contributed by atoms with Crippen LogP contribution in [0.15, 0.2) is 63.4 Å². The molecule has 0 saturated carbocycles. The first-order valence-corrected chi connectivity index (χ1v) is 11.0. The third-order valence-electron chi connectivity index (χ3n) is 6.02. The van der Waals surface area contributed by atoms with Crippen molar-refractivity contribution in [1.29, 1.82) is 0 Å². The molecule has 2 aliphatic heterocycles. The first-order chi connectivity index (χ1) is 14.7. The fourth-order valence-corrected chi connectivity index (χ4v) is 4.53. The summed E-state index contributed by atoms with van der Waals surface area (Å²) >= 11 is 0. The predicted octanol–water partition coefficient (Wildman–Crippen LogP) is 6.28. The van der Waals surface area contributed by atoms with Crippen LogP contribution in [-0.4, -0.2) is 30.3 Å². The van der Waals surface area contributed by atoms with Crippen molar-refractivity contribution in [2.24, 2.45) is 11.0 Å². The van der Waals surface area contributed by atoms with E-state index in [2.05, 4.69) is 49.9 Å². The summed E-state index contributed by atoms with van der Waals surface area (Å²) in [5, 5.41) is 3.77. The maximum Gasteiger partial charge on any atom is 0.209 e. The Morgan fingerprint density at radius 3 is 2.74 bits per heavy atom. The highest BCUT2D eigenvalue weighted by molar-refractivity contribution is 5.96. The van der Waals surface area contributed by atoms with E-state index in [1.54, 1.807) is 0 Å². The molecule has 0 aromatic heterocycles. The Morgan fingerprint density at radius 1 is 1.26 bits per heavy atom. The van der Waals surface area contributed by atoms with Gasteiger partial charge in [0.05, 0.1) is 12.2 Å². The fourth-order valence-electron chi connectivity index (χ4n) is 4.53. The van der Waals surface area contributed by atoms with Crippen molar-refractivity contribution in [1.82, 2.24) is 0 Å². The summed E-state index contributed by atoms with van der Waals surface area (Å²) < 4.78 is 13.0. The molecule has 0 aromatic carbocycles. The molecule has 0 amide bonds. The zero-order chi connectivity index (χ0) is 22.6. The zero-order valence-electron chi connectivity index (χ0n) is 19.2. The van der Waals surface area contributed by atoms with Crippen LogP contribution in [0.25, 0.3) is 10.4 Å². The van der Waals surface area contributed by atoms with E-state index in [0.29, 0.717) is 12.0 Å². The molecule has 6 nitrogen and oxygen atoms in total. The van der Waals surface area contributed by atoms with Gasteiger partial charge in [0.2, 0.25) is 5.79 Å². The number of carbonyl (C=O) groups excluding carboxylic acids is 1. The maximum absolute atomic E-state index is 12.3. The van der Waals surface area contributed by atoms with Gasteiger partial charge >= 0.3 is 0 Å². The van der Waals surface area contributed by atoms with Crippen LogP contribution in [0.1, 0.15) is 60.3 Å². The second-order valence-electron chi connectivity index (χ2n) is 9.18. The SMILES string of the molecule is CC(C)=CCCC(C)=C[C@@H]1CC(C)=C[C@]2(C=C(CN=[N+]=[N-])[C@H]3CC(=O)C(C)=C[C@H]3O2)O1. The molecule has 1 aliphatic carbocycles. The summed E-state index contributed by atoms with van der Waals surface area (Å²) in [5.41, 5.74) is 14.3. The van der Waals surface area contributed by atoms with Gasteiger partial charge in [0.1, 0.15) is 0 Å². The van der Waals surface area contributed by atoms with Gasteiger partial charge in [-0.2, -0.15) is 0 Å². The minimum Gasteiger partial charge on any atom is -0.335 e. The summed E-state index contributed by atoms with van der Waals surface area (Å²) in [6.45, 7) is 10.5. The number of nitrogens with zero attached hydrogens (tertiary/aromatic N) is 3. The highest BCUT2D eigenvalue weighted by Crippen LogP contribution is 2.42. The van der Waals surface area contributed by atoms with Crippen LogP contribution in [-0.2, 0) is 14.3 Å². The number of azide groups is 1. The maximum atomic E-state index is 12.3. The summed E-state index contributed by atoms with van der Waals surface area (Å²) in [4.78, 5) is 15.2. The number of carbonyl (C=O) groups is 1. The first-order valence-electron chi connectivity index (χ1n) is 11.0. The second kappa shape index (κ2) is 9.82. The summed E-state index contributed by atoms with van der Waals surface area (Å²) in [6.07, 6.45) is 13.1. The van der Waals surface area contributed by atoms with E-state index in [4.69, 9.17) is 15.0 Å². The Hall–Kier alpha value is -2.40. The van der Waals surface area contributed by atoms with Gasteiger partial charge < -0.3 is 9.47 Å². The number of rotatable bonds is 6. The van der Waals surface area contributed by atoms with E-state index >= 15 is 0 Å². The van der Waals surface area contributed by atoms with E-state index in [9.17, 15) is 4.79 Å². The number of ether oxygens (including phenoxy) is 2. The Balaban J connectivity index is 1.88. The van der Waals surface area contributed by atoms with Crippen LogP contribution >= 0.6 is 0 Å². The van der Waals surface area contributed by atoms with Gasteiger partial charge in [0, 0.05) is 23.8 Å². The van der Waals surface area contributed by atoms with Crippen molar-refractivity contribution >= 4 is 5.78 Å². The van der Waals surface area contributed by atoms with Gasteiger partial charge in [-0.05, 0) is 83.2 Å². The molecule has 0 fully saturated rings. The van der Waals surface area contributed by atoms with Gasteiger partial charge in [0.25, 0.3) is 0 Å². The second-order valence-corrected chi connectivity index (χ2v) is 9.18. The number of ketones is 1. The van der Waals surface area contributed by atoms with Gasteiger partial charge in [-0.1, -0.05) is 39.6 Å². The quantitative estimate of drug-likeness (QED) is 0.218. The molecule has 0 N–H and O–H groups in total. The first kappa shape index (κ1) is 23.3. The van der Waals surface area contributed by atoms with E-state index in [-0.39, 0.29) is 30.5 Å². The van der Waals surface area contributed by atoms with E-state index < -0.39 is 5.79 Å². The lowest BCUT2D eigenvalue weighted by molar-refractivity contribution is -0.224. The van der Waals surface area contributed by atoms with Gasteiger partial charge in [-0.25, -0.2) is 0 Å². The Kier molecular flexibility index (Phi) is 7.37. The molecule has 3 aliphatic rings. The van der Waals surface area contributed by atoms with Crippen molar-refractivity contribution in [2.75, 3.05) is 6.54 Å². The Labute approximate surface area is 185 Å². The number of hydrogen-bond acceptors (Lipinski definition) is 4. The molecule has 166 valence electrons. The standard InChI is InChI=1S/C25H33N3O3/c1-16(2)7-6-8-17(3)9-21-10-18(4)13-25(30-21)14-20(15-27-28-26)22-12-23(29)19(5)11-24(22)31-25/h7,9,11,13-14,21-22,24H,6,8,10,12,15H2,1-5H3/t21-,22-,24-,25+/m1/s1. The minimum atomic E-state index is -1.01. The summed E-state index contributed by atoms with van der Waals surface area (Å²) in [5.74, 6) is -1.02. The van der Waals surface area contributed by atoms with Crippen molar-refractivity contribution in [2.45, 2.75) is 78.3 Å². The number of Topliss-reactive ketones (excluding diaryl/α,β-unsaturated/α-hetero) is 1. The lowest BCUT2D eigenvalue weighted by Gasteiger charge is -2.45. The molecule has 1 spiro atoms. The van der Waals surface area contributed by atoms with E-state index in [0.717, 1.165) is 24.8 Å². The molecule has 0 bridgehead atoms. The monoisotopic (exact) mass is 423 g/mol. The molecule has 31 heavy (non-hydrogen) atoms. The van der Waals surface area contributed by atoms with Crippen LogP contribution in [0.2, 0.25) is 0 Å². The molecule has 0 saturated heterocycles. The van der Waals surface area contributed by atoms with Crippen molar-refractivity contribution in [3.63, 3.8) is 0 Å². The van der Waals surface area contributed by atoms with E-state index in [1.807, 2.05) is 25.2 Å². The average Bonchev–Trinajstić information content (AvgIpc) is 2.66. The highest BCUT2D eigenvalue weighted by atomic mass is 16.7. The molecule has 0 unspecified atom stereocenters. The number of allylic oxidation sites excluding steroid dienone is 4. The van der Waals surface area contributed by atoms with Crippen molar-refractivity contribution in [3.8, 4) is 0 Å². The molecule has 4 atom stereocenters. The Morgan fingerprint density at radius 2 is 2.03 bits per heavy atom. The third kappa shape index (κ3) is 5.85. The number of fused-ring (bicyclic) bond motifs is 1. The van der Waals surface area contributed by atoms with Gasteiger partial charge in [0.15, 0.2) is 5.78 Å². The predicted molar refractivity (Wildman–Crippen MR) is 122 cm³/mol. The van der Waals surface area contributed by atoms with Crippen LogP contribution < -0.4 is 0 Å². The average molecular weight is 424 g/mol. The third-order valence-corrected chi connectivity index (χ3v) is 6.02. The van der Waals surface area contributed by atoms with Crippen LogP contribution in [0.3, 0.4) is 0 Å². The fraction of sp³-hybridized carbons (Fsp3) is 0.560. The number of hydrogen-bond donors (Lipinski definition) is 0. The van der Waals surface area contributed by atoms with Gasteiger partial charge in [-0.3, -0.25) is 4.79 Å². The molecule has 6 heteroatoms. The van der Waals surface area contributed by atoms with Crippen LogP contribution in [0.4, 0.5) is 0 Å². The topological polar surface area (TPSA) is 84.3 Å². The minimum absolute atomic E-state index is 0.0967. The summed E-state index contributed by atoms with van der Waals surface area (Å²) in [6, 6.07) is 0. The lowest BCUT2D eigenvalue weighted by atomic mass is 9.78. The van der Waals surface area contributed by atoms with Crippen molar-refractivity contribution < 1.29 is 14.3 Å². The van der Waals surface area contributed by atoms with Crippen LogP contribution in [0.5, 0.6) is 0 Å². The Bertz CT molecular complexity index is 930. The molecule has 0 radical (unpaired) electrons. The molecule has 3 rings (SSSR count). The van der Waals surface area contributed by atoms with Gasteiger partial charge in [-0.15, -0.1) is 0 Å². The molecule has 2 heterocycles.